The van der Waals surface area contributed by atoms with E-state index in [9.17, 15) is 9.18 Å². The summed E-state index contributed by atoms with van der Waals surface area (Å²) in [5.41, 5.74) is 3.55. The van der Waals surface area contributed by atoms with E-state index in [0.717, 1.165) is 37.7 Å². The summed E-state index contributed by atoms with van der Waals surface area (Å²) in [5, 5.41) is 0.809. The molecule has 4 aromatic rings. The maximum Gasteiger partial charge on any atom is 0.254 e. The van der Waals surface area contributed by atoms with Crippen LogP contribution in [0.5, 0.6) is 0 Å². The number of likely N-dealkylation sites (tertiary alicyclic amines) is 1. The molecule has 1 amide bonds. The zero-order valence-electron chi connectivity index (χ0n) is 17.9. The molecule has 3 nitrogen and oxygen atoms in total. The predicted octanol–water partition coefficient (Wildman–Crippen LogP) is 6.14. The molecule has 0 radical (unpaired) electrons. The number of hydrogen-bond donors (Lipinski definition) is 0. The minimum atomic E-state index is -0.338. The summed E-state index contributed by atoms with van der Waals surface area (Å²) in [7, 11) is 0. The van der Waals surface area contributed by atoms with Gasteiger partial charge in [-0.15, -0.1) is 0 Å². The van der Waals surface area contributed by atoms with Crippen LogP contribution in [0.15, 0.2) is 84.9 Å². The number of halogens is 1. The van der Waals surface area contributed by atoms with Gasteiger partial charge >= 0.3 is 0 Å². The summed E-state index contributed by atoms with van der Waals surface area (Å²) in [6, 6.07) is 26.5. The van der Waals surface area contributed by atoms with Crippen LogP contribution in [0, 0.1) is 11.7 Å². The number of amides is 1. The summed E-state index contributed by atoms with van der Waals surface area (Å²) in [4.78, 5) is 20.1. The topological polar surface area (TPSA) is 33.2 Å². The molecule has 0 spiro atoms. The number of fused-ring (bicyclic) bond motifs is 1. The Balaban J connectivity index is 1.40. The van der Waals surface area contributed by atoms with Crippen LogP contribution in [-0.4, -0.2) is 28.9 Å². The number of piperidine rings is 1. The smallest absolute Gasteiger partial charge is 0.254 e. The maximum absolute atomic E-state index is 14.4. The standard InChI is InChI=1S/C28H25FN2O/c29-25-12-6-4-11-23(25)27-19-24(22-10-5-7-13-26(22)30-27)28(32)31-16-14-21(15-17-31)18-20-8-2-1-3-9-20/h1-13,19,21H,14-18H2. The van der Waals surface area contributed by atoms with Crippen molar-refractivity contribution in [1.82, 2.24) is 9.88 Å². The van der Waals surface area contributed by atoms with Gasteiger partial charge in [0, 0.05) is 24.0 Å². The molecule has 2 heterocycles. The molecular formula is C28H25FN2O. The van der Waals surface area contributed by atoms with Crippen molar-refractivity contribution in [2.45, 2.75) is 19.3 Å². The Morgan fingerprint density at radius 3 is 2.38 bits per heavy atom. The van der Waals surface area contributed by atoms with Crippen LogP contribution in [0.4, 0.5) is 4.39 Å². The number of para-hydroxylation sites is 1. The zero-order valence-corrected chi connectivity index (χ0v) is 17.9. The van der Waals surface area contributed by atoms with E-state index >= 15 is 0 Å². The normalized spacial score (nSPS) is 14.6. The fourth-order valence-corrected chi connectivity index (χ4v) is 4.62. The molecule has 3 aromatic carbocycles. The quantitative estimate of drug-likeness (QED) is 0.394. The highest BCUT2D eigenvalue weighted by molar-refractivity contribution is 6.07. The van der Waals surface area contributed by atoms with Gasteiger partial charge in [0.15, 0.2) is 0 Å². The molecule has 1 aromatic heterocycles. The van der Waals surface area contributed by atoms with Crippen LogP contribution in [0.25, 0.3) is 22.2 Å². The Morgan fingerprint density at radius 2 is 1.59 bits per heavy atom. The van der Waals surface area contributed by atoms with E-state index in [0.29, 0.717) is 28.3 Å². The van der Waals surface area contributed by atoms with Crippen molar-refractivity contribution in [3.63, 3.8) is 0 Å². The van der Waals surface area contributed by atoms with Gasteiger partial charge in [0.2, 0.25) is 0 Å². The third kappa shape index (κ3) is 4.13. The Kier molecular flexibility index (Phi) is 5.68. The summed E-state index contributed by atoms with van der Waals surface area (Å²) < 4.78 is 14.4. The molecule has 32 heavy (non-hydrogen) atoms. The first-order valence-electron chi connectivity index (χ1n) is 11.2. The van der Waals surface area contributed by atoms with E-state index in [4.69, 9.17) is 0 Å². The van der Waals surface area contributed by atoms with Crippen molar-refractivity contribution in [1.29, 1.82) is 0 Å². The molecule has 0 bridgehead atoms. The molecule has 0 saturated carbocycles. The van der Waals surface area contributed by atoms with E-state index in [1.54, 1.807) is 24.3 Å². The van der Waals surface area contributed by atoms with Crippen LogP contribution in [0.2, 0.25) is 0 Å². The Hall–Kier alpha value is -3.53. The van der Waals surface area contributed by atoms with E-state index < -0.39 is 0 Å². The lowest BCUT2D eigenvalue weighted by Gasteiger charge is -2.32. The Labute approximate surface area is 187 Å². The number of rotatable bonds is 4. The zero-order chi connectivity index (χ0) is 21.9. The number of aromatic nitrogens is 1. The molecule has 0 N–H and O–H groups in total. The third-order valence-electron chi connectivity index (χ3n) is 6.37. The molecule has 1 fully saturated rings. The minimum absolute atomic E-state index is 0.000601. The Bertz CT molecular complexity index is 1250. The van der Waals surface area contributed by atoms with Gasteiger partial charge in [-0.05, 0) is 55.0 Å². The number of carbonyl (C=O) groups is 1. The van der Waals surface area contributed by atoms with Gasteiger partial charge in [-0.1, -0.05) is 60.7 Å². The molecule has 5 rings (SSSR count). The maximum atomic E-state index is 14.4. The van der Waals surface area contributed by atoms with Gasteiger partial charge in [0.05, 0.1) is 16.8 Å². The highest BCUT2D eigenvalue weighted by atomic mass is 19.1. The number of pyridine rings is 1. The third-order valence-corrected chi connectivity index (χ3v) is 6.37. The largest absolute Gasteiger partial charge is 0.339 e. The van der Waals surface area contributed by atoms with Crippen molar-refractivity contribution in [2.75, 3.05) is 13.1 Å². The lowest BCUT2D eigenvalue weighted by molar-refractivity contribution is 0.0692. The second kappa shape index (κ2) is 8.91. The average molecular weight is 425 g/mol. The van der Waals surface area contributed by atoms with Gasteiger partial charge in [-0.2, -0.15) is 0 Å². The lowest BCUT2D eigenvalue weighted by Crippen LogP contribution is -2.39. The number of carbonyl (C=O) groups excluding carboxylic acids is 1. The molecule has 4 heteroatoms. The average Bonchev–Trinajstić information content (AvgIpc) is 2.84. The second-order valence-electron chi connectivity index (χ2n) is 8.48. The highest BCUT2D eigenvalue weighted by Gasteiger charge is 2.25. The molecule has 1 aliphatic rings. The summed E-state index contributed by atoms with van der Waals surface area (Å²) in [6.07, 6.45) is 3.03. The fraction of sp³-hybridized carbons (Fsp3) is 0.214. The fourth-order valence-electron chi connectivity index (χ4n) is 4.62. The van der Waals surface area contributed by atoms with Crippen molar-refractivity contribution in [3.05, 3.63) is 102 Å². The van der Waals surface area contributed by atoms with Gasteiger partial charge < -0.3 is 4.90 Å². The van der Waals surface area contributed by atoms with Crippen LogP contribution in [0.1, 0.15) is 28.8 Å². The first kappa shape index (κ1) is 20.4. The van der Waals surface area contributed by atoms with Crippen molar-refractivity contribution in [2.24, 2.45) is 5.92 Å². The van der Waals surface area contributed by atoms with E-state index in [-0.39, 0.29) is 11.7 Å². The Morgan fingerprint density at radius 1 is 0.906 bits per heavy atom. The van der Waals surface area contributed by atoms with Crippen molar-refractivity contribution in [3.8, 4) is 11.3 Å². The van der Waals surface area contributed by atoms with Crippen molar-refractivity contribution >= 4 is 16.8 Å². The summed E-state index contributed by atoms with van der Waals surface area (Å²) in [5.74, 6) is 0.249. The second-order valence-corrected chi connectivity index (χ2v) is 8.48. The molecular weight excluding hydrogens is 399 g/mol. The van der Waals surface area contributed by atoms with E-state index in [1.165, 1.54) is 11.6 Å². The van der Waals surface area contributed by atoms with Gasteiger partial charge in [-0.3, -0.25) is 4.79 Å². The number of benzene rings is 3. The highest BCUT2D eigenvalue weighted by Crippen LogP contribution is 2.29. The van der Waals surface area contributed by atoms with Crippen LogP contribution in [0.3, 0.4) is 0 Å². The SMILES string of the molecule is O=C(c1cc(-c2ccccc2F)nc2ccccc12)N1CCC(Cc2ccccc2)CC1. The van der Waals surface area contributed by atoms with Gasteiger partial charge in [0.1, 0.15) is 5.82 Å². The van der Waals surface area contributed by atoms with Gasteiger partial charge in [-0.25, -0.2) is 9.37 Å². The molecule has 0 unspecified atom stereocenters. The van der Waals surface area contributed by atoms with Crippen LogP contribution >= 0.6 is 0 Å². The molecule has 1 saturated heterocycles. The molecule has 1 aliphatic heterocycles. The summed E-state index contributed by atoms with van der Waals surface area (Å²) in [6.45, 7) is 1.48. The first-order chi connectivity index (χ1) is 15.7. The van der Waals surface area contributed by atoms with Crippen LogP contribution in [-0.2, 0) is 6.42 Å². The lowest BCUT2D eigenvalue weighted by atomic mass is 9.90. The molecule has 0 aliphatic carbocycles. The summed E-state index contributed by atoms with van der Waals surface area (Å²) >= 11 is 0. The molecule has 160 valence electrons. The first-order valence-corrected chi connectivity index (χ1v) is 11.2. The van der Waals surface area contributed by atoms with Gasteiger partial charge in [0.25, 0.3) is 5.91 Å². The minimum Gasteiger partial charge on any atom is -0.339 e. The van der Waals surface area contributed by atoms with E-state index in [2.05, 4.69) is 29.2 Å². The number of hydrogen-bond acceptors (Lipinski definition) is 2. The predicted molar refractivity (Wildman–Crippen MR) is 126 cm³/mol. The van der Waals surface area contributed by atoms with Crippen molar-refractivity contribution < 1.29 is 9.18 Å². The molecule has 0 atom stereocenters. The monoisotopic (exact) mass is 424 g/mol. The number of nitrogens with zero attached hydrogens (tertiary/aromatic N) is 2. The van der Waals surface area contributed by atoms with Crippen LogP contribution < -0.4 is 0 Å². The van der Waals surface area contributed by atoms with E-state index in [1.807, 2.05) is 35.2 Å².